The van der Waals surface area contributed by atoms with Gasteiger partial charge in [0.15, 0.2) is 5.43 Å². The molecule has 0 saturated carbocycles. The van der Waals surface area contributed by atoms with E-state index in [0.717, 1.165) is 28.3 Å². The number of benzene rings is 1. The zero-order valence-electron chi connectivity index (χ0n) is 12.4. The second kappa shape index (κ2) is 5.92. The zero-order valence-corrected chi connectivity index (χ0v) is 12.4. The van der Waals surface area contributed by atoms with Crippen LogP contribution in [0.25, 0.3) is 5.69 Å². The topological polar surface area (TPSA) is 43.3 Å². The molecular weight excluding hydrogens is 252 g/mol. The molecule has 0 amide bonds. The van der Waals surface area contributed by atoms with Gasteiger partial charge in [-0.2, -0.15) is 0 Å². The Morgan fingerprint density at radius 1 is 1.25 bits per heavy atom. The van der Waals surface area contributed by atoms with Gasteiger partial charge in [0, 0.05) is 30.1 Å². The van der Waals surface area contributed by atoms with E-state index >= 15 is 0 Å². The van der Waals surface area contributed by atoms with Crippen molar-refractivity contribution >= 4 is 0 Å². The van der Waals surface area contributed by atoms with Crippen LogP contribution in [-0.2, 0) is 6.54 Å². The van der Waals surface area contributed by atoms with Gasteiger partial charge in [0.25, 0.3) is 0 Å². The Morgan fingerprint density at radius 2 is 2.00 bits per heavy atom. The molecule has 0 saturated heterocycles. The highest BCUT2D eigenvalue weighted by Gasteiger charge is 2.09. The molecule has 2 aromatic rings. The van der Waals surface area contributed by atoms with Gasteiger partial charge >= 0.3 is 0 Å². The molecular formula is C16H20N2O2. The second-order valence-corrected chi connectivity index (χ2v) is 4.88. The van der Waals surface area contributed by atoms with Gasteiger partial charge in [0.1, 0.15) is 5.75 Å². The van der Waals surface area contributed by atoms with Crippen LogP contribution in [-0.4, -0.2) is 18.7 Å². The smallest absolute Gasteiger partial charge is 0.186 e. The lowest BCUT2D eigenvalue weighted by molar-refractivity contribution is 0.412. The molecule has 0 aliphatic carbocycles. The summed E-state index contributed by atoms with van der Waals surface area (Å²) in [5.41, 5.74) is 3.77. The SMILES string of the molecule is CNCc1cn(-c2cc(C)ccc2OC)c(C)cc1=O. The number of methoxy groups -OCH3 is 1. The molecule has 0 radical (unpaired) electrons. The van der Waals surface area contributed by atoms with Crippen molar-refractivity contribution in [3.63, 3.8) is 0 Å². The molecule has 1 aromatic carbocycles. The minimum Gasteiger partial charge on any atom is -0.495 e. The van der Waals surface area contributed by atoms with Crippen molar-refractivity contribution in [1.82, 2.24) is 9.88 Å². The van der Waals surface area contributed by atoms with E-state index in [-0.39, 0.29) is 5.43 Å². The molecule has 0 spiro atoms. The molecule has 106 valence electrons. The molecule has 1 N–H and O–H groups in total. The first kappa shape index (κ1) is 14.3. The van der Waals surface area contributed by atoms with E-state index in [9.17, 15) is 4.79 Å². The van der Waals surface area contributed by atoms with Gasteiger partial charge in [-0.25, -0.2) is 0 Å². The average molecular weight is 272 g/mol. The van der Waals surface area contributed by atoms with Crippen LogP contribution < -0.4 is 15.5 Å². The quantitative estimate of drug-likeness (QED) is 0.927. The van der Waals surface area contributed by atoms with E-state index < -0.39 is 0 Å². The van der Waals surface area contributed by atoms with Crippen molar-refractivity contribution in [1.29, 1.82) is 0 Å². The van der Waals surface area contributed by atoms with Gasteiger partial charge < -0.3 is 14.6 Å². The summed E-state index contributed by atoms with van der Waals surface area (Å²) in [6.45, 7) is 4.51. The van der Waals surface area contributed by atoms with Crippen LogP contribution in [0, 0.1) is 13.8 Å². The minimum atomic E-state index is 0.0553. The van der Waals surface area contributed by atoms with E-state index in [1.54, 1.807) is 13.2 Å². The second-order valence-electron chi connectivity index (χ2n) is 4.88. The lowest BCUT2D eigenvalue weighted by Crippen LogP contribution is -2.19. The fourth-order valence-electron chi connectivity index (χ4n) is 2.24. The molecule has 4 heteroatoms. The number of hydrogen-bond donors (Lipinski definition) is 1. The summed E-state index contributed by atoms with van der Waals surface area (Å²) in [4.78, 5) is 12.0. The molecule has 1 heterocycles. The third-order valence-corrected chi connectivity index (χ3v) is 3.28. The highest BCUT2D eigenvalue weighted by Crippen LogP contribution is 2.25. The van der Waals surface area contributed by atoms with Crippen molar-refractivity contribution in [3.8, 4) is 11.4 Å². The Kier molecular flexibility index (Phi) is 4.25. The fourth-order valence-corrected chi connectivity index (χ4v) is 2.24. The Labute approximate surface area is 119 Å². The number of ether oxygens (including phenoxy) is 1. The third-order valence-electron chi connectivity index (χ3n) is 3.28. The van der Waals surface area contributed by atoms with Gasteiger partial charge in [-0.15, -0.1) is 0 Å². The summed E-state index contributed by atoms with van der Waals surface area (Å²) in [5, 5.41) is 3.02. The van der Waals surface area contributed by atoms with Crippen molar-refractivity contribution in [2.75, 3.05) is 14.2 Å². The van der Waals surface area contributed by atoms with Crippen LogP contribution in [0.3, 0.4) is 0 Å². The van der Waals surface area contributed by atoms with Crippen molar-refractivity contribution in [2.45, 2.75) is 20.4 Å². The lowest BCUT2D eigenvalue weighted by atomic mass is 10.1. The predicted octanol–water partition coefficient (Wildman–Crippen LogP) is 2.18. The number of nitrogens with zero attached hydrogens (tertiary/aromatic N) is 1. The van der Waals surface area contributed by atoms with Crippen molar-refractivity contribution in [2.24, 2.45) is 0 Å². The summed E-state index contributed by atoms with van der Waals surface area (Å²) >= 11 is 0. The summed E-state index contributed by atoms with van der Waals surface area (Å²) in [6.07, 6.45) is 1.88. The van der Waals surface area contributed by atoms with E-state index in [2.05, 4.69) is 11.4 Å². The lowest BCUT2D eigenvalue weighted by Gasteiger charge is -2.16. The summed E-state index contributed by atoms with van der Waals surface area (Å²) in [7, 11) is 3.48. The monoisotopic (exact) mass is 272 g/mol. The maximum Gasteiger partial charge on any atom is 0.186 e. The van der Waals surface area contributed by atoms with Gasteiger partial charge in [0.2, 0.25) is 0 Å². The summed E-state index contributed by atoms with van der Waals surface area (Å²) in [6, 6.07) is 7.67. The van der Waals surface area contributed by atoms with Crippen molar-refractivity contribution in [3.05, 3.63) is 57.5 Å². The van der Waals surface area contributed by atoms with Crippen LogP contribution in [0.5, 0.6) is 5.75 Å². The van der Waals surface area contributed by atoms with E-state index in [0.29, 0.717) is 6.54 Å². The number of hydrogen-bond acceptors (Lipinski definition) is 3. The molecule has 0 atom stereocenters. The van der Waals surface area contributed by atoms with E-state index in [4.69, 9.17) is 4.74 Å². The van der Waals surface area contributed by atoms with Gasteiger partial charge in [-0.3, -0.25) is 4.79 Å². The predicted molar refractivity (Wildman–Crippen MR) is 80.8 cm³/mol. The molecule has 0 unspecified atom stereocenters. The first-order valence-corrected chi connectivity index (χ1v) is 6.58. The number of aromatic nitrogens is 1. The highest BCUT2D eigenvalue weighted by atomic mass is 16.5. The number of nitrogens with one attached hydrogen (secondary N) is 1. The third kappa shape index (κ3) is 2.75. The Hall–Kier alpha value is -2.07. The number of pyridine rings is 1. The van der Waals surface area contributed by atoms with Crippen LogP contribution >= 0.6 is 0 Å². The summed E-state index contributed by atoms with van der Waals surface area (Å²) < 4.78 is 7.43. The van der Waals surface area contributed by atoms with Crippen LogP contribution in [0.4, 0.5) is 0 Å². The Bertz CT molecular complexity index is 675. The first-order chi connectivity index (χ1) is 9.56. The molecule has 20 heavy (non-hydrogen) atoms. The molecule has 0 bridgehead atoms. The van der Waals surface area contributed by atoms with Crippen LogP contribution in [0.15, 0.2) is 35.3 Å². The first-order valence-electron chi connectivity index (χ1n) is 6.58. The minimum absolute atomic E-state index is 0.0553. The number of aryl methyl sites for hydroxylation is 2. The highest BCUT2D eigenvalue weighted by molar-refractivity contribution is 5.50. The normalized spacial score (nSPS) is 10.6. The molecule has 4 nitrogen and oxygen atoms in total. The van der Waals surface area contributed by atoms with Gasteiger partial charge in [0.05, 0.1) is 12.8 Å². The summed E-state index contributed by atoms with van der Waals surface area (Å²) in [5.74, 6) is 0.790. The molecule has 1 aromatic heterocycles. The number of rotatable bonds is 4. The molecule has 0 aliphatic rings. The fraction of sp³-hybridized carbons (Fsp3) is 0.312. The molecule has 0 aliphatic heterocycles. The zero-order chi connectivity index (χ0) is 14.7. The van der Waals surface area contributed by atoms with Crippen molar-refractivity contribution < 1.29 is 4.74 Å². The maximum atomic E-state index is 12.0. The average Bonchev–Trinajstić information content (AvgIpc) is 2.42. The van der Waals surface area contributed by atoms with Crippen LogP contribution in [0.2, 0.25) is 0 Å². The van der Waals surface area contributed by atoms with E-state index in [1.165, 1.54) is 0 Å². The Morgan fingerprint density at radius 3 is 2.65 bits per heavy atom. The Balaban J connectivity index is 2.65. The molecule has 2 rings (SSSR count). The molecule has 0 fully saturated rings. The van der Waals surface area contributed by atoms with Crippen LogP contribution in [0.1, 0.15) is 16.8 Å². The standard InChI is InChI=1S/C16H20N2O2/c1-11-5-6-16(20-4)14(7-11)18-10-13(9-17-3)15(19)8-12(18)2/h5-8,10,17H,9H2,1-4H3. The van der Waals surface area contributed by atoms with Gasteiger partial charge in [-0.05, 0) is 38.6 Å². The largest absolute Gasteiger partial charge is 0.495 e. The maximum absolute atomic E-state index is 12.0. The van der Waals surface area contributed by atoms with E-state index in [1.807, 2.05) is 43.8 Å². The van der Waals surface area contributed by atoms with Gasteiger partial charge in [-0.1, -0.05) is 6.07 Å².